The van der Waals surface area contributed by atoms with Crippen LogP contribution in [0.4, 0.5) is 11.4 Å². The summed E-state index contributed by atoms with van der Waals surface area (Å²) in [7, 11) is -1.80. The lowest BCUT2D eigenvalue weighted by atomic mass is 9.79. The minimum absolute atomic E-state index is 0.0949. The fraction of sp³-hybridized carbons (Fsp3) is 0. The number of hydrogen-bond donors (Lipinski definition) is 4. The highest BCUT2D eigenvalue weighted by Crippen LogP contribution is 2.32. The van der Waals surface area contributed by atoms with Crippen LogP contribution in [0.5, 0.6) is 0 Å². The number of H-pyrrole nitrogens is 2. The van der Waals surface area contributed by atoms with Crippen molar-refractivity contribution in [2.45, 2.75) is 0 Å². The Morgan fingerprint density at radius 1 is 0.558 bits per heavy atom. The van der Waals surface area contributed by atoms with Crippen LogP contribution in [0, 0.1) is 20.2 Å². The quantitative estimate of drug-likeness (QED) is 0.0746. The van der Waals surface area contributed by atoms with Crippen LogP contribution < -0.4 is 5.46 Å². The molecule has 0 fully saturated rings. The number of halogens is 1. The van der Waals surface area contributed by atoms with Gasteiger partial charge in [-0.15, -0.1) is 0 Å². The van der Waals surface area contributed by atoms with Gasteiger partial charge in [0.25, 0.3) is 11.4 Å². The first-order valence-corrected chi connectivity index (χ1v) is 16.6. The number of nitrogens with zero attached hydrogens (tertiary/aromatic N) is 4. The first-order valence-electron chi connectivity index (χ1n) is 15.8. The van der Waals surface area contributed by atoms with Crippen molar-refractivity contribution in [3.8, 4) is 33.9 Å². The monoisotopic (exact) mass is 754 g/mol. The van der Waals surface area contributed by atoms with Gasteiger partial charge in [0.15, 0.2) is 0 Å². The lowest BCUT2D eigenvalue weighted by molar-refractivity contribution is -0.384. The van der Waals surface area contributed by atoms with Crippen LogP contribution in [-0.2, 0) is 0 Å². The highest BCUT2D eigenvalue weighted by atomic mass is 79.9. The molecule has 0 atom stereocenters. The Kier molecular flexibility index (Phi) is 10.9. The van der Waals surface area contributed by atoms with Crippen molar-refractivity contribution < 1.29 is 19.9 Å². The number of nitro groups is 2. The summed E-state index contributed by atoms with van der Waals surface area (Å²) in [5.74, 6) is 1.69. The third kappa shape index (κ3) is 8.28. The number of aromatic amines is 2. The summed E-state index contributed by atoms with van der Waals surface area (Å²) in [6.07, 6.45) is 0. The molecule has 4 N–H and O–H groups in total. The van der Waals surface area contributed by atoms with E-state index in [1.165, 1.54) is 30.3 Å². The normalized spacial score (nSPS) is 10.5. The highest BCUT2D eigenvalue weighted by Gasteiger charge is 2.22. The van der Waals surface area contributed by atoms with Gasteiger partial charge in [-0.2, -0.15) is 0 Å². The average Bonchev–Trinajstić information content (AvgIpc) is 3.80. The van der Waals surface area contributed by atoms with E-state index in [0.29, 0.717) is 5.56 Å². The molecule has 0 amide bonds. The third-order valence-corrected chi connectivity index (χ3v) is 8.34. The van der Waals surface area contributed by atoms with Crippen molar-refractivity contribution in [2.75, 3.05) is 0 Å². The number of aromatic nitrogens is 4. The molecular formula is C38H28BBrN6O6. The SMILES string of the molecule is Brc1ccc2nc(-c3ccccc3)[nH]c2c1.O=[N+]([O-])c1ccccc1-c1ccc2nc(-c3ccccc3)[nH]c2c1.O=[N+]([O-])c1ccccc1B(O)O. The van der Waals surface area contributed by atoms with Crippen LogP contribution in [0.1, 0.15) is 0 Å². The molecule has 14 heteroatoms. The molecule has 256 valence electrons. The van der Waals surface area contributed by atoms with Gasteiger partial charge < -0.3 is 20.0 Å². The zero-order valence-corrected chi connectivity index (χ0v) is 28.7. The molecule has 0 spiro atoms. The number of hydrogen-bond acceptors (Lipinski definition) is 8. The van der Waals surface area contributed by atoms with Crippen molar-refractivity contribution in [2.24, 2.45) is 0 Å². The molecule has 0 radical (unpaired) electrons. The van der Waals surface area contributed by atoms with E-state index in [1.807, 2.05) is 97.1 Å². The summed E-state index contributed by atoms with van der Waals surface area (Å²) in [6.45, 7) is 0. The van der Waals surface area contributed by atoms with Gasteiger partial charge in [-0.1, -0.05) is 113 Å². The number of nitrogens with one attached hydrogen (secondary N) is 2. The summed E-state index contributed by atoms with van der Waals surface area (Å²) < 4.78 is 1.06. The van der Waals surface area contributed by atoms with Crippen LogP contribution in [0.25, 0.3) is 56.0 Å². The van der Waals surface area contributed by atoms with Gasteiger partial charge in [-0.05, 0) is 42.0 Å². The van der Waals surface area contributed by atoms with E-state index >= 15 is 0 Å². The Hall–Kier alpha value is -6.48. The van der Waals surface area contributed by atoms with Gasteiger partial charge in [0.2, 0.25) is 0 Å². The molecule has 6 aromatic carbocycles. The maximum atomic E-state index is 11.2. The van der Waals surface area contributed by atoms with E-state index in [2.05, 4.69) is 35.9 Å². The smallest absolute Gasteiger partial charge is 0.423 e. The van der Waals surface area contributed by atoms with Gasteiger partial charge in [-0.3, -0.25) is 20.2 Å². The summed E-state index contributed by atoms with van der Waals surface area (Å²) in [6, 6.07) is 43.9. The fourth-order valence-corrected chi connectivity index (χ4v) is 5.73. The second-order valence-corrected chi connectivity index (χ2v) is 12.2. The predicted molar refractivity (Wildman–Crippen MR) is 206 cm³/mol. The van der Waals surface area contributed by atoms with Crippen molar-refractivity contribution >= 4 is 62.0 Å². The molecule has 0 aliphatic carbocycles. The summed E-state index contributed by atoms with van der Waals surface area (Å²) in [5.41, 5.74) is 6.93. The van der Waals surface area contributed by atoms with E-state index < -0.39 is 12.0 Å². The largest absolute Gasteiger partial charge is 0.495 e. The van der Waals surface area contributed by atoms with E-state index in [4.69, 9.17) is 10.0 Å². The Labute approximate surface area is 305 Å². The predicted octanol–water partition coefficient (Wildman–Crippen LogP) is 8.07. The highest BCUT2D eigenvalue weighted by molar-refractivity contribution is 9.10. The molecule has 0 unspecified atom stereocenters. The standard InChI is InChI=1S/C19H13N3O2.C13H9BrN2.C6H6BNO4/c23-22(24)18-9-5-4-8-15(18)14-10-11-16-17(12-14)21-19(20-16)13-6-2-1-3-7-13;14-10-6-7-11-12(8-10)16-13(15-11)9-4-2-1-3-5-9;9-7(10)5-3-1-2-4-6(5)8(11)12/h1-12H,(H,20,21);1-8H,(H,15,16);1-4,9-10H. The average molecular weight is 755 g/mol. The van der Waals surface area contributed by atoms with Crippen LogP contribution in [0.3, 0.4) is 0 Å². The second kappa shape index (κ2) is 16.0. The first-order chi connectivity index (χ1) is 25.2. The number of nitro benzene ring substituents is 2. The molecule has 8 aromatic rings. The summed E-state index contributed by atoms with van der Waals surface area (Å²) in [5, 5.41) is 39.0. The molecule has 0 aliphatic rings. The molecule has 0 aliphatic heterocycles. The van der Waals surface area contributed by atoms with Crippen LogP contribution >= 0.6 is 15.9 Å². The first kappa shape index (κ1) is 35.4. The minimum Gasteiger partial charge on any atom is -0.423 e. The zero-order valence-electron chi connectivity index (χ0n) is 27.1. The lowest BCUT2D eigenvalue weighted by Gasteiger charge is -2.02. The molecule has 0 bridgehead atoms. The van der Waals surface area contributed by atoms with Crippen LogP contribution in [0.15, 0.2) is 150 Å². The van der Waals surface area contributed by atoms with Gasteiger partial charge in [0.05, 0.1) is 42.9 Å². The Morgan fingerprint density at radius 2 is 1.04 bits per heavy atom. The molecule has 0 saturated carbocycles. The van der Waals surface area contributed by atoms with Gasteiger partial charge >= 0.3 is 7.12 Å². The Morgan fingerprint density at radius 3 is 1.58 bits per heavy atom. The van der Waals surface area contributed by atoms with E-state index in [-0.39, 0.29) is 21.8 Å². The molecular weight excluding hydrogens is 727 g/mol. The van der Waals surface area contributed by atoms with Gasteiger partial charge in [0, 0.05) is 27.7 Å². The third-order valence-electron chi connectivity index (χ3n) is 7.84. The van der Waals surface area contributed by atoms with E-state index in [0.717, 1.165) is 54.9 Å². The molecule has 2 heterocycles. The summed E-state index contributed by atoms with van der Waals surface area (Å²) in [4.78, 5) is 36.3. The minimum atomic E-state index is -1.80. The number of imidazole rings is 2. The molecule has 2 aromatic heterocycles. The Balaban J connectivity index is 0.000000144. The molecule has 0 saturated heterocycles. The van der Waals surface area contributed by atoms with Crippen molar-refractivity contribution in [1.29, 1.82) is 0 Å². The molecule has 8 rings (SSSR count). The van der Waals surface area contributed by atoms with E-state index in [9.17, 15) is 20.2 Å². The maximum Gasteiger partial charge on any atom is 0.495 e. The van der Waals surface area contributed by atoms with Gasteiger partial charge in [-0.25, -0.2) is 9.97 Å². The molecule has 12 nitrogen and oxygen atoms in total. The zero-order chi connectivity index (χ0) is 36.6. The fourth-order valence-electron chi connectivity index (χ4n) is 5.37. The van der Waals surface area contributed by atoms with Crippen molar-refractivity contribution in [1.82, 2.24) is 19.9 Å². The summed E-state index contributed by atoms with van der Waals surface area (Å²) >= 11 is 3.45. The number of para-hydroxylation sites is 2. The number of fused-ring (bicyclic) bond motifs is 2. The van der Waals surface area contributed by atoms with E-state index in [1.54, 1.807) is 18.2 Å². The second-order valence-electron chi connectivity index (χ2n) is 11.3. The van der Waals surface area contributed by atoms with Gasteiger partial charge in [0.1, 0.15) is 11.6 Å². The Bertz CT molecular complexity index is 2490. The van der Waals surface area contributed by atoms with Crippen molar-refractivity contribution in [3.63, 3.8) is 0 Å². The van der Waals surface area contributed by atoms with Crippen molar-refractivity contribution in [3.05, 3.63) is 170 Å². The topological polar surface area (TPSA) is 184 Å². The lowest BCUT2D eigenvalue weighted by Crippen LogP contribution is -2.31. The molecule has 52 heavy (non-hydrogen) atoms. The van der Waals surface area contributed by atoms with Crippen LogP contribution in [0.2, 0.25) is 0 Å². The number of rotatable bonds is 6. The van der Waals surface area contributed by atoms with Crippen LogP contribution in [-0.4, -0.2) is 46.9 Å². The maximum absolute atomic E-state index is 11.2. The number of benzene rings is 6.